The monoisotopic (exact) mass is 413 g/mol. The van der Waals surface area contributed by atoms with E-state index in [-0.39, 0.29) is 17.2 Å². The van der Waals surface area contributed by atoms with E-state index in [1.54, 1.807) is 16.8 Å². The Morgan fingerprint density at radius 3 is 2.71 bits per heavy atom. The molecule has 1 saturated carbocycles. The molecule has 156 valence electrons. The van der Waals surface area contributed by atoms with Crippen molar-refractivity contribution in [1.29, 1.82) is 5.26 Å². The van der Waals surface area contributed by atoms with E-state index in [4.69, 9.17) is 0 Å². The topological polar surface area (TPSA) is 101 Å². The molecule has 0 atom stereocenters. The summed E-state index contributed by atoms with van der Waals surface area (Å²) in [6.45, 7) is 0. The lowest BCUT2D eigenvalue weighted by molar-refractivity contribution is -0.118. The molecule has 3 aromatic rings. The summed E-state index contributed by atoms with van der Waals surface area (Å²) >= 11 is 0. The smallest absolute Gasteiger partial charge is 0.270 e. The number of fused-ring (bicyclic) bond motifs is 2. The maximum absolute atomic E-state index is 12.9. The van der Waals surface area contributed by atoms with E-state index < -0.39 is 0 Å². The first-order valence-electron chi connectivity index (χ1n) is 10.9. The van der Waals surface area contributed by atoms with Crippen molar-refractivity contribution in [3.05, 3.63) is 57.5 Å². The van der Waals surface area contributed by atoms with Gasteiger partial charge in [0.25, 0.3) is 5.56 Å². The minimum Gasteiger partial charge on any atom is -0.324 e. The third-order valence-electron chi connectivity index (χ3n) is 6.34. The maximum Gasteiger partial charge on any atom is 0.270 e. The molecule has 0 saturated heterocycles. The van der Waals surface area contributed by atoms with Crippen molar-refractivity contribution in [2.24, 2.45) is 0 Å². The van der Waals surface area contributed by atoms with Crippen LogP contribution in [0.25, 0.3) is 11.0 Å². The average molecular weight is 413 g/mol. The van der Waals surface area contributed by atoms with Crippen LogP contribution in [-0.4, -0.2) is 20.3 Å². The van der Waals surface area contributed by atoms with E-state index in [1.807, 2.05) is 18.2 Å². The Hall–Kier alpha value is -3.53. The van der Waals surface area contributed by atoms with Crippen LogP contribution in [-0.2, 0) is 17.6 Å². The van der Waals surface area contributed by atoms with E-state index in [1.165, 1.54) is 5.56 Å². The second kappa shape index (κ2) is 7.95. The molecule has 1 fully saturated rings. The number of nitrogens with zero attached hydrogens (tertiary/aromatic N) is 4. The number of pyridine rings is 1. The standard InChI is InChI=1S/C24H23N5O2/c25-13-17-10-18-14-26-24(28-22(18)29(23(17)31)20-5-1-2-6-20)27-19-9-8-16-12-21(30)7-3-4-15(16)11-19/h8-11,14,20H,1-7,12H2,(H,26,27,28). The molecule has 1 N–H and O–H groups in total. The van der Waals surface area contributed by atoms with Crippen LogP contribution in [0.3, 0.4) is 0 Å². The number of aromatic nitrogens is 3. The SMILES string of the molecule is N#Cc1cc2cnc(Nc3ccc4c(c3)CCCC(=O)C4)nc2n(C2CCCC2)c1=O. The molecule has 0 radical (unpaired) electrons. The van der Waals surface area contributed by atoms with Gasteiger partial charge in [-0.1, -0.05) is 18.9 Å². The highest BCUT2D eigenvalue weighted by Gasteiger charge is 2.23. The summed E-state index contributed by atoms with van der Waals surface area (Å²) in [4.78, 5) is 33.9. The third-order valence-corrected chi connectivity index (χ3v) is 6.34. The number of hydrogen-bond acceptors (Lipinski definition) is 6. The minimum absolute atomic E-state index is 0.0658. The number of Topliss-reactive ketones (excluding diaryl/α,β-unsaturated/α-hetero) is 1. The first-order chi connectivity index (χ1) is 15.1. The summed E-state index contributed by atoms with van der Waals surface area (Å²) in [5, 5.41) is 13.3. The first-order valence-corrected chi connectivity index (χ1v) is 10.9. The highest BCUT2D eigenvalue weighted by atomic mass is 16.1. The van der Waals surface area contributed by atoms with Crippen LogP contribution in [0.15, 0.2) is 35.3 Å². The van der Waals surface area contributed by atoms with Crippen molar-refractivity contribution in [3.8, 4) is 6.07 Å². The normalized spacial score (nSPS) is 16.7. The molecule has 0 spiro atoms. The highest BCUT2D eigenvalue weighted by molar-refractivity contribution is 5.82. The fourth-order valence-electron chi connectivity index (χ4n) is 4.78. The number of rotatable bonds is 3. The lowest BCUT2D eigenvalue weighted by Crippen LogP contribution is -2.26. The van der Waals surface area contributed by atoms with Crippen LogP contribution in [0.4, 0.5) is 11.6 Å². The van der Waals surface area contributed by atoms with Gasteiger partial charge in [-0.2, -0.15) is 10.2 Å². The summed E-state index contributed by atoms with van der Waals surface area (Å²) < 4.78 is 1.69. The molecule has 7 nitrogen and oxygen atoms in total. The number of carbonyl (C=O) groups is 1. The number of carbonyl (C=O) groups excluding carboxylic acids is 1. The molecule has 2 aliphatic carbocycles. The predicted molar refractivity (Wildman–Crippen MR) is 117 cm³/mol. The van der Waals surface area contributed by atoms with Crippen LogP contribution >= 0.6 is 0 Å². The number of aryl methyl sites for hydroxylation is 1. The van der Waals surface area contributed by atoms with Gasteiger partial charge >= 0.3 is 0 Å². The molecular weight excluding hydrogens is 390 g/mol. The maximum atomic E-state index is 12.9. The van der Waals surface area contributed by atoms with Gasteiger partial charge in [-0.05, 0) is 55.0 Å². The molecule has 2 aliphatic rings. The number of nitrogens with one attached hydrogen (secondary N) is 1. The van der Waals surface area contributed by atoms with Gasteiger partial charge in [0, 0.05) is 36.2 Å². The minimum atomic E-state index is -0.277. The van der Waals surface area contributed by atoms with E-state index in [2.05, 4.69) is 21.4 Å². The molecule has 0 unspecified atom stereocenters. The average Bonchev–Trinajstić information content (AvgIpc) is 3.22. The second-order valence-corrected chi connectivity index (χ2v) is 8.43. The van der Waals surface area contributed by atoms with Gasteiger partial charge in [0.2, 0.25) is 5.95 Å². The third kappa shape index (κ3) is 3.70. The van der Waals surface area contributed by atoms with Gasteiger partial charge in [0.05, 0.1) is 0 Å². The largest absolute Gasteiger partial charge is 0.324 e. The zero-order valence-corrected chi connectivity index (χ0v) is 17.2. The van der Waals surface area contributed by atoms with E-state index in [9.17, 15) is 14.9 Å². The van der Waals surface area contributed by atoms with Crippen molar-refractivity contribution >= 4 is 28.5 Å². The van der Waals surface area contributed by atoms with Crippen LogP contribution in [0, 0.1) is 11.3 Å². The molecule has 0 aliphatic heterocycles. The molecule has 0 amide bonds. The Morgan fingerprint density at radius 1 is 1.06 bits per heavy atom. The molecule has 2 heterocycles. The Bertz CT molecular complexity index is 1280. The summed E-state index contributed by atoms with van der Waals surface area (Å²) in [5.41, 5.74) is 3.54. The van der Waals surface area contributed by atoms with E-state index >= 15 is 0 Å². The van der Waals surface area contributed by atoms with Crippen molar-refractivity contribution < 1.29 is 4.79 Å². The quantitative estimate of drug-likeness (QED) is 0.652. The fraction of sp³-hybridized carbons (Fsp3) is 0.375. The Morgan fingerprint density at radius 2 is 1.90 bits per heavy atom. The van der Waals surface area contributed by atoms with Crippen molar-refractivity contribution in [3.63, 3.8) is 0 Å². The summed E-state index contributed by atoms with van der Waals surface area (Å²) in [7, 11) is 0. The predicted octanol–water partition coefficient (Wildman–Crippen LogP) is 3.97. The molecule has 7 heteroatoms. The summed E-state index contributed by atoms with van der Waals surface area (Å²) in [6, 6.07) is 9.65. The van der Waals surface area contributed by atoms with Crippen molar-refractivity contribution in [2.45, 2.75) is 57.4 Å². The summed E-state index contributed by atoms with van der Waals surface area (Å²) in [5.74, 6) is 0.701. The molecule has 1 aromatic carbocycles. The first kappa shape index (κ1) is 19.4. The summed E-state index contributed by atoms with van der Waals surface area (Å²) in [6.07, 6.45) is 8.53. The number of ketones is 1. The zero-order valence-electron chi connectivity index (χ0n) is 17.2. The Kier molecular flexibility index (Phi) is 4.99. The van der Waals surface area contributed by atoms with Gasteiger partial charge in [-0.25, -0.2) is 4.98 Å². The fourth-order valence-corrected chi connectivity index (χ4v) is 4.78. The Labute approximate surface area is 179 Å². The lowest BCUT2D eigenvalue weighted by Gasteiger charge is -2.17. The van der Waals surface area contributed by atoms with Gasteiger partial charge in [0.1, 0.15) is 23.1 Å². The van der Waals surface area contributed by atoms with Crippen LogP contribution in [0.2, 0.25) is 0 Å². The van der Waals surface area contributed by atoms with Gasteiger partial charge in [-0.15, -0.1) is 0 Å². The highest BCUT2D eigenvalue weighted by Crippen LogP contribution is 2.31. The Balaban J connectivity index is 1.54. The zero-order chi connectivity index (χ0) is 21.4. The number of benzene rings is 1. The van der Waals surface area contributed by atoms with Crippen LogP contribution in [0.1, 0.15) is 61.3 Å². The number of hydrogen-bond donors (Lipinski definition) is 1. The van der Waals surface area contributed by atoms with E-state index in [0.29, 0.717) is 35.6 Å². The van der Waals surface area contributed by atoms with Gasteiger partial charge < -0.3 is 5.32 Å². The van der Waals surface area contributed by atoms with Gasteiger partial charge in [-0.3, -0.25) is 14.2 Å². The molecule has 2 aromatic heterocycles. The second-order valence-electron chi connectivity index (χ2n) is 8.43. The van der Waals surface area contributed by atoms with Crippen LogP contribution in [0.5, 0.6) is 0 Å². The van der Waals surface area contributed by atoms with Crippen molar-refractivity contribution in [2.75, 3.05) is 5.32 Å². The molecule has 5 rings (SSSR count). The number of nitriles is 1. The molecular formula is C24H23N5O2. The van der Waals surface area contributed by atoms with Crippen LogP contribution < -0.4 is 10.9 Å². The number of anilines is 2. The molecule has 31 heavy (non-hydrogen) atoms. The van der Waals surface area contributed by atoms with Gasteiger partial charge in [0.15, 0.2) is 0 Å². The lowest BCUT2D eigenvalue weighted by atomic mass is 10.0. The molecule has 0 bridgehead atoms. The van der Waals surface area contributed by atoms with Crippen molar-refractivity contribution in [1.82, 2.24) is 14.5 Å². The van der Waals surface area contributed by atoms with E-state index in [0.717, 1.165) is 49.8 Å².